The Morgan fingerprint density at radius 1 is 0.895 bits per heavy atom. The van der Waals surface area contributed by atoms with Gasteiger partial charge in [0, 0.05) is 33.9 Å². The van der Waals surface area contributed by atoms with Crippen molar-refractivity contribution in [1.82, 2.24) is 5.32 Å². The lowest BCUT2D eigenvalue weighted by molar-refractivity contribution is 0.0409. The highest BCUT2D eigenvalue weighted by molar-refractivity contribution is 4.84. The van der Waals surface area contributed by atoms with Gasteiger partial charge in [-0.2, -0.15) is 0 Å². The summed E-state index contributed by atoms with van der Waals surface area (Å²) in [5.41, 5.74) is 0.444. The van der Waals surface area contributed by atoms with E-state index in [4.69, 9.17) is 14.2 Å². The van der Waals surface area contributed by atoms with E-state index in [1.165, 1.54) is 32.1 Å². The molecule has 0 amide bonds. The molecule has 0 radical (unpaired) electrons. The molecule has 1 aliphatic rings. The molecule has 0 aromatic heterocycles. The summed E-state index contributed by atoms with van der Waals surface area (Å²) in [6.07, 6.45) is 7.95. The van der Waals surface area contributed by atoms with Crippen molar-refractivity contribution in [2.45, 2.75) is 38.5 Å². The minimum absolute atomic E-state index is 0.444. The summed E-state index contributed by atoms with van der Waals surface area (Å²) in [4.78, 5) is 0. The second kappa shape index (κ2) is 10.6. The van der Waals surface area contributed by atoms with Crippen LogP contribution in [-0.2, 0) is 14.2 Å². The quantitative estimate of drug-likeness (QED) is 0.586. The van der Waals surface area contributed by atoms with E-state index in [0.717, 1.165) is 32.7 Å². The van der Waals surface area contributed by atoms with Crippen LogP contribution in [0.1, 0.15) is 38.5 Å². The summed E-state index contributed by atoms with van der Waals surface area (Å²) in [5, 5.41) is 3.54. The normalized spacial score (nSPS) is 18.6. The molecular weight excluding hydrogens is 242 g/mol. The second-order valence-electron chi connectivity index (χ2n) is 5.59. The smallest absolute Gasteiger partial charge is 0.0700 e. The van der Waals surface area contributed by atoms with Gasteiger partial charge in [0.2, 0.25) is 0 Å². The highest BCUT2D eigenvalue weighted by Gasteiger charge is 2.31. The molecule has 0 aromatic rings. The Kier molecular flexibility index (Phi) is 9.43. The fourth-order valence-electron chi connectivity index (χ4n) is 2.88. The monoisotopic (exact) mass is 273 g/mol. The van der Waals surface area contributed by atoms with E-state index >= 15 is 0 Å². The van der Waals surface area contributed by atoms with Gasteiger partial charge in [0.1, 0.15) is 0 Å². The van der Waals surface area contributed by atoms with E-state index in [1.807, 2.05) is 0 Å². The van der Waals surface area contributed by atoms with Gasteiger partial charge in [0.05, 0.1) is 19.8 Å². The van der Waals surface area contributed by atoms with E-state index in [9.17, 15) is 0 Å². The molecular formula is C15H31NO3. The van der Waals surface area contributed by atoms with E-state index in [0.29, 0.717) is 18.6 Å². The van der Waals surface area contributed by atoms with Crippen molar-refractivity contribution in [3.05, 3.63) is 0 Å². The van der Waals surface area contributed by atoms with Crippen molar-refractivity contribution in [2.75, 3.05) is 53.7 Å². The van der Waals surface area contributed by atoms with Gasteiger partial charge < -0.3 is 19.5 Å². The third-order valence-corrected chi connectivity index (χ3v) is 4.11. The van der Waals surface area contributed by atoms with Crippen LogP contribution in [0.25, 0.3) is 0 Å². The third kappa shape index (κ3) is 7.25. The Morgan fingerprint density at radius 3 is 2.32 bits per heavy atom. The summed E-state index contributed by atoms with van der Waals surface area (Å²) in [6, 6.07) is 0. The number of nitrogens with one attached hydrogen (secondary N) is 1. The minimum Gasteiger partial charge on any atom is -0.383 e. The number of rotatable bonds is 11. The van der Waals surface area contributed by atoms with Crippen LogP contribution in [0, 0.1) is 5.41 Å². The van der Waals surface area contributed by atoms with Crippen LogP contribution in [0.2, 0.25) is 0 Å². The van der Waals surface area contributed by atoms with Crippen molar-refractivity contribution in [2.24, 2.45) is 5.41 Å². The van der Waals surface area contributed by atoms with Gasteiger partial charge >= 0.3 is 0 Å². The molecule has 1 rings (SSSR count). The van der Waals surface area contributed by atoms with Crippen LogP contribution in [0.15, 0.2) is 0 Å². The van der Waals surface area contributed by atoms with Crippen molar-refractivity contribution in [3.63, 3.8) is 0 Å². The average molecular weight is 273 g/mol. The van der Waals surface area contributed by atoms with Crippen molar-refractivity contribution >= 4 is 0 Å². The molecule has 0 heterocycles. The van der Waals surface area contributed by atoms with Crippen LogP contribution in [0.3, 0.4) is 0 Å². The first-order valence-electron chi connectivity index (χ1n) is 7.59. The van der Waals surface area contributed by atoms with Gasteiger partial charge in [-0.25, -0.2) is 0 Å². The minimum atomic E-state index is 0.444. The van der Waals surface area contributed by atoms with Gasteiger partial charge in [0.15, 0.2) is 0 Å². The van der Waals surface area contributed by atoms with Crippen molar-refractivity contribution in [3.8, 4) is 0 Å². The molecule has 1 saturated carbocycles. The lowest BCUT2D eigenvalue weighted by Crippen LogP contribution is -2.38. The SMILES string of the molecule is COCCNCC1(CCOCCOC)CCCCC1. The molecule has 0 atom stereocenters. The Morgan fingerprint density at radius 2 is 1.63 bits per heavy atom. The molecule has 1 fully saturated rings. The van der Waals surface area contributed by atoms with Gasteiger partial charge in [0.25, 0.3) is 0 Å². The molecule has 114 valence electrons. The number of hydrogen-bond donors (Lipinski definition) is 1. The Balaban J connectivity index is 2.24. The summed E-state index contributed by atoms with van der Waals surface area (Å²) in [7, 11) is 3.47. The van der Waals surface area contributed by atoms with E-state index < -0.39 is 0 Å². The highest BCUT2D eigenvalue weighted by atomic mass is 16.5. The van der Waals surface area contributed by atoms with Crippen LogP contribution in [0.5, 0.6) is 0 Å². The lowest BCUT2D eigenvalue weighted by atomic mass is 9.72. The maximum atomic E-state index is 5.65. The summed E-state index contributed by atoms with van der Waals surface area (Å²) >= 11 is 0. The van der Waals surface area contributed by atoms with E-state index in [-0.39, 0.29) is 0 Å². The lowest BCUT2D eigenvalue weighted by Gasteiger charge is -2.37. The first kappa shape index (κ1) is 16.9. The molecule has 4 nitrogen and oxygen atoms in total. The van der Waals surface area contributed by atoms with Crippen molar-refractivity contribution < 1.29 is 14.2 Å². The van der Waals surface area contributed by atoms with Crippen LogP contribution in [0.4, 0.5) is 0 Å². The number of ether oxygens (including phenoxy) is 3. The Hall–Kier alpha value is -0.160. The molecule has 1 N–H and O–H groups in total. The average Bonchev–Trinajstić information content (AvgIpc) is 2.45. The molecule has 0 spiro atoms. The van der Waals surface area contributed by atoms with Gasteiger partial charge in [-0.3, -0.25) is 0 Å². The van der Waals surface area contributed by atoms with Crippen LogP contribution in [-0.4, -0.2) is 53.7 Å². The third-order valence-electron chi connectivity index (χ3n) is 4.11. The first-order valence-corrected chi connectivity index (χ1v) is 7.59. The maximum Gasteiger partial charge on any atom is 0.0700 e. The number of methoxy groups -OCH3 is 2. The zero-order valence-corrected chi connectivity index (χ0v) is 12.7. The zero-order chi connectivity index (χ0) is 13.8. The van der Waals surface area contributed by atoms with Gasteiger partial charge in [-0.15, -0.1) is 0 Å². The molecule has 4 heteroatoms. The maximum absolute atomic E-state index is 5.65. The molecule has 0 bridgehead atoms. The van der Waals surface area contributed by atoms with Gasteiger partial charge in [-0.1, -0.05) is 19.3 Å². The number of hydrogen-bond acceptors (Lipinski definition) is 4. The largest absolute Gasteiger partial charge is 0.383 e. The Labute approximate surface area is 118 Å². The predicted octanol–water partition coefficient (Wildman–Crippen LogP) is 2.23. The second-order valence-corrected chi connectivity index (χ2v) is 5.59. The topological polar surface area (TPSA) is 39.7 Å². The fourth-order valence-corrected chi connectivity index (χ4v) is 2.88. The fraction of sp³-hybridized carbons (Fsp3) is 1.00. The molecule has 0 unspecified atom stereocenters. The van der Waals surface area contributed by atoms with E-state index in [2.05, 4.69) is 5.32 Å². The molecule has 1 aliphatic carbocycles. The van der Waals surface area contributed by atoms with E-state index in [1.54, 1.807) is 14.2 Å². The van der Waals surface area contributed by atoms with Crippen molar-refractivity contribution in [1.29, 1.82) is 0 Å². The first-order chi connectivity index (χ1) is 9.33. The van der Waals surface area contributed by atoms with Gasteiger partial charge in [-0.05, 0) is 24.7 Å². The zero-order valence-electron chi connectivity index (χ0n) is 12.7. The molecule has 0 aliphatic heterocycles. The molecule has 0 saturated heterocycles. The summed E-state index contributed by atoms with van der Waals surface area (Å²) in [5.74, 6) is 0. The molecule has 19 heavy (non-hydrogen) atoms. The summed E-state index contributed by atoms with van der Waals surface area (Å²) < 4.78 is 15.7. The van der Waals surface area contributed by atoms with Crippen LogP contribution >= 0.6 is 0 Å². The summed E-state index contributed by atoms with van der Waals surface area (Å²) in [6.45, 7) is 5.10. The highest BCUT2D eigenvalue weighted by Crippen LogP contribution is 2.38. The molecule has 0 aromatic carbocycles. The standard InChI is InChI=1S/C15H31NO3/c1-17-11-9-16-14-15(6-4-3-5-7-15)8-10-19-13-12-18-2/h16H,3-14H2,1-2H3. The predicted molar refractivity (Wildman–Crippen MR) is 77.6 cm³/mol. The Bertz CT molecular complexity index is 206. The van der Waals surface area contributed by atoms with Crippen LogP contribution < -0.4 is 5.32 Å².